The number of hydrogen-bond acceptors (Lipinski definition) is 3. The van der Waals surface area contributed by atoms with Gasteiger partial charge in [-0.1, -0.05) is 49.2 Å². The zero-order chi connectivity index (χ0) is 20.6. The summed E-state index contributed by atoms with van der Waals surface area (Å²) in [4.78, 5) is 15.6. The highest BCUT2D eigenvalue weighted by Crippen LogP contribution is 2.36. The standard InChI is InChI=1S/C21H22F3N3OS/c22-17-7-2-6-16(12-17)15-5-1-4-14(10-15)11-18-19(25-29)21(23,24)13-27(18)20(28)26-8-3-9-26/h1-2,4-7,10,12,18-19,25,29H,3,8-9,11,13H2. The minimum Gasteiger partial charge on any atom is -0.325 e. The van der Waals surface area contributed by atoms with Gasteiger partial charge in [0.05, 0.1) is 12.6 Å². The van der Waals surface area contributed by atoms with E-state index in [4.69, 9.17) is 0 Å². The highest BCUT2D eigenvalue weighted by molar-refractivity contribution is 7.78. The first kappa shape index (κ1) is 20.1. The lowest BCUT2D eigenvalue weighted by Crippen LogP contribution is -2.53. The average Bonchev–Trinajstić information content (AvgIpc) is 2.90. The number of halogens is 3. The van der Waals surface area contributed by atoms with Crippen LogP contribution in [0.5, 0.6) is 0 Å². The Morgan fingerprint density at radius 1 is 1.14 bits per heavy atom. The van der Waals surface area contributed by atoms with Crippen molar-refractivity contribution in [2.24, 2.45) is 0 Å². The van der Waals surface area contributed by atoms with Crippen LogP contribution in [0.3, 0.4) is 0 Å². The second kappa shape index (κ2) is 7.91. The number of carbonyl (C=O) groups is 1. The number of carbonyl (C=O) groups excluding carboxylic acids is 1. The molecule has 0 radical (unpaired) electrons. The van der Waals surface area contributed by atoms with Gasteiger partial charge in [-0.3, -0.25) is 4.72 Å². The van der Waals surface area contributed by atoms with E-state index in [1.165, 1.54) is 17.0 Å². The number of hydrogen-bond donors (Lipinski definition) is 2. The summed E-state index contributed by atoms with van der Waals surface area (Å²) in [5.41, 5.74) is 2.30. The molecule has 0 bridgehead atoms. The number of urea groups is 1. The van der Waals surface area contributed by atoms with Crippen molar-refractivity contribution in [2.45, 2.75) is 30.8 Å². The van der Waals surface area contributed by atoms with Crippen LogP contribution in [0.15, 0.2) is 48.5 Å². The van der Waals surface area contributed by atoms with Gasteiger partial charge >= 0.3 is 6.03 Å². The molecule has 0 aromatic heterocycles. The van der Waals surface area contributed by atoms with E-state index in [9.17, 15) is 18.0 Å². The predicted molar refractivity (Wildman–Crippen MR) is 108 cm³/mol. The minimum atomic E-state index is -3.08. The Bertz CT molecular complexity index is 906. The van der Waals surface area contributed by atoms with Gasteiger partial charge < -0.3 is 9.80 Å². The Kier molecular flexibility index (Phi) is 5.48. The molecule has 2 heterocycles. The highest BCUT2D eigenvalue weighted by Gasteiger charge is 2.56. The van der Waals surface area contributed by atoms with E-state index in [2.05, 4.69) is 17.5 Å². The van der Waals surface area contributed by atoms with Crippen molar-refractivity contribution < 1.29 is 18.0 Å². The molecule has 4 rings (SSSR count). The summed E-state index contributed by atoms with van der Waals surface area (Å²) in [6.45, 7) is 0.568. The van der Waals surface area contributed by atoms with Crippen molar-refractivity contribution in [3.8, 4) is 11.1 Å². The van der Waals surface area contributed by atoms with Crippen LogP contribution in [0, 0.1) is 5.82 Å². The van der Waals surface area contributed by atoms with Crippen molar-refractivity contribution in [1.82, 2.24) is 14.5 Å². The molecule has 8 heteroatoms. The molecule has 1 N–H and O–H groups in total. The van der Waals surface area contributed by atoms with Crippen LogP contribution in [0.2, 0.25) is 0 Å². The quantitative estimate of drug-likeness (QED) is 0.733. The van der Waals surface area contributed by atoms with Crippen LogP contribution in [0.1, 0.15) is 12.0 Å². The first-order valence-electron chi connectivity index (χ1n) is 9.57. The summed E-state index contributed by atoms with van der Waals surface area (Å²) < 4.78 is 45.2. The van der Waals surface area contributed by atoms with Crippen LogP contribution in [0.25, 0.3) is 11.1 Å². The lowest BCUT2D eigenvalue weighted by Gasteiger charge is -2.37. The fourth-order valence-corrected chi connectivity index (χ4v) is 4.36. The van der Waals surface area contributed by atoms with E-state index in [-0.39, 0.29) is 18.3 Å². The van der Waals surface area contributed by atoms with Crippen molar-refractivity contribution in [1.29, 1.82) is 0 Å². The van der Waals surface area contributed by atoms with E-state index in [1.54, 1.807) is 17.0 Å². The highest BCUT2D eigenvalue weighted by atomic mass is 32.1. The van der Waals surface area contributed by atoms with Gasteiger partial charge in [0.15, 0.2) is 0 Å². The summed E-state index contributed by atoms with van der Waals surface area (Å²) in [6, 6.07) is 11.2. The van der Waals surface area contributed by atoms with Gasteiger partial charge in [0.2, 0.25) is 0 Å². The number of amides is 2. The van der Waals surface area contributed by atoms with Crippen LogP contribution >= 0.6 is 12.8 Å². The maximum atomic E-state index is 14.6. The summed E-state index contributed by atoms with van der Waals surface area (Å²) >= 11 is 3.92. The molecular weight excluding hydrogens is 399 g/mol. The Labute approximate surface area is 173 Å². The second-order valence-corrected chi connectivity index (χ2v) is 7.86. The number of nitrogens with zero attached hydrogens (tertiary/aromatic N) is 2. The number of nitrogens with one attached hydrogen (secondary N) is 1. The van der Waals surface area contributed by atoms with E-state index in [0.717, 1.165) is 17.5 Å². The molecule has 2 aromatic rings. The van der Waals surface area contributed by atoms with Crippen molar-refractivity contribution in [3.63, 3.8) is 0 Å². The molecule has 2 aliphatic rings. The molecule has 2 aliphatic heterocycles. The molecule has 2 aromatic carbocycles. The molecule has 2 atom stereocenters. The predicted octanol–water partition coefficient (Wildman–Crippen LogP) is 3.98. The second-order valence-electron chi connectivity index (χ2n) is 7.60. The Morgan fingerprint density at radius 2 is 1.83 bits per heavy atom. The molecule has 154 valence electrons. The number of alkyl halides is 2. The summed E-state index contributed by atoms with van der Waals surface area (Å²) in [7, 11) is 0. The van der Waals surface area contributed by atoms with Gasteiger partial charge in [-0.15, -0.1) is 0 Å². The third-order valence-corrected chi connectivity index (χ3v) is 5.94. The number of benzene rings is 2. The van der Waals surface area contributed by atoms with E-state index < -0.39 is 24.6 Å². The third kappa shape index (κ3) is 3.96. The summed E-state index contributed by atoms with van der Waals surface area (Å²) in [5, 5.41) is 0. The molecule has 29 heavy (non-hydrogen) atoms. The van der Waals surface area contributed by atoms with Crippen LogP contribution in [0.4, 0.5) is 18.0 Å². The molecule has 4 nitrogen and oxygen atoms in total. The normalized spacial score (nSPS) is 23.2. The van der Waals surface area contributed by atoms with Crippen LogP contribution < -0.4 is 4.72 Å². The summed E-state index contributed by atoms with van der Waals surface area (Å²) in [6.07, 6.45) is 1.14. The monoisotopic (exact) mass is 421 g/mol. The first-order chi connectivity index (χ1) is 13.9. The van der Waals surface area contributed by atoms with Crippen LogP contribution in [-0.2, 0) is 6.42 Å². The Hall–Kier alpha value is -2.19. The Morgan fingerprint density at radius 3 is 2.45 bits per heavy atom. The van der Waals surface area contributed by atoms with Crippen molar-refractivity contribution in [2.75, 3.05) is 19.6 Å². The fourth-order valence-electron chi connectivity index (χ4n) is 4.00. The lowest BCUT2D eigenvalue weighted by atomic mass is 9.96. The van der Waals surface area contributed by atoms with E-state index in [1.807, 2.05) is 24.3 Å². The molecular formula is C21H22F3N3OS. The third-order valence-electron chi connectivity index (χ3n) is 5.66. The lowest BCUT2D eigenvalue weighted by molar-refractivity contribution is -0.00469. The number of rotatable bonds is 4. The van der Waals surface area contributed by atoms with Gasteiger partial charge in [0, 0.05) is 13.1 Å². The molecule has 2 amide bonds. The molecule has 2 fully saturated rings. The van der Waals surface area contributed by atoms with Crippen molar-refractivity contribution in [3.05, 3.63) is 59.9 Å². The zero-order valence-corrected chi connectivity index (χ0v) is 16.6. The first-order valence-corrected chi connectivity index (χ1v) is 10.0. The van der Waals surface area contributed by atoms with Gasteiger partial charge in [0.1, 0.15) is 11.9 Å². The van der Waals surface area contributed by atoms with Gasteiger partial charge in [-0.2, -0.15) is 0 Å². The minimum absolute atomic E-state index is 0.247. The fraction of sp³-hybridized carbons (Fsp3) is 0.381. The van der Waals surface area contributed by atoms with Crippen molar-refractivity contribution >= 4 is 18.8 Å². The molecule has 0 saturated carbocycles. The molecule has 0 spiro atoms. The largest absolute Gasteiger partial charge is 0.325 e. The Balaban J connectivity index is 1.61. The number of thiol groups is 1. The van der Waals surface area contributed by atoms with Gasteiger partial charge in [0.25, 0.3) is 5.92 Å². The number of likely N-dealkylation sites (tertiary alicyclic amines) is 2. The zero-order valence-electron chi connectivity index (χ0n) is 15.7. The van der Waals surface area contributed by atoms with Crippen LogP contribution in [-0.4, -0.2) is 53.5 Å². The maximum Gasteiger partial charge on any atom is 0.320 e. The molecule has 2 saturated heterocycles. The smallest absolute Gasteiger partial charge is 0.320 e. The van der Waals surface area contributed by atoms with E-state index in [0.29, 0.717) is 18.7 Å². The van der Waals surface area contributed by atoms with Gasteiger partial charge in [-0.05, 0) is 41.7 Å². The average molecular weight is 421 g/mol. The van der Waals surface area contributed by atoms with E-state index >= 15 is 0 Å². The molecule has 2 unspecified atom stereocenters. The summed E-state index contributed by atoms with van der Waals surface area (Å²) in [5.74, 6) is -3.42. The van der Waals surface area contributed by atoms with Gasteiger partial charge in [-0.25, -0.2) is 18.0 Å². The maximum absolute atomic E-state index is 14.6. The SMILES string of the molecule is O=C(N1CCC1)N1CC(F)(F)C(NS)C1Cc1cccc(-c2cccc(F)c2)c1. The molecule has 0 aliphatic carbocycles. The topological polar surface area (TPSA) is 35.6 Å².